The summed E-state index contributed by atoms with van der Waals surface area (Å²) in [7, 11) is 0. The summed E-state index contributed by atoms with van der Waals surface area (Å²) in [6.45, 7) is 1.70. The maximum atomic E-state index is 12.1. The minimum Gasteiger partial charge on any atom is -0.398 e. The first kappa shape index (κ1) is 13.2. The third-order valence-electron chi connectivity index (χ3n) is 3.14. The highest BCUT2D eigenvalue weighted by Gasteiger charge is 2.15. The molecule has 0 aliphatic carbocycles. The average molecular weight is 312 g/mol. The summed E-state index contributed by atoms with van der Waals surface area (Å²) in [5.41, 5.74) is 7.15. The lowest BCUT2D eigenvalue weighted by Gasteiger charge is -2.20. The lowest BCUT2D eigenvalue weighted by molar-refractivity contribution is 0.214. The molecule has 1 aliphatic rings. The summed E-state index contributed by atoms with van der Waals surface area (Å²) < 4.78 is 0.802. The normalized spacial score (nSPS) is 16.2. The number of halogens is 1. The Bertz CT molecular complexity index is 428. The van der Waals surface area contributed by atoms with Crippen molar-refractivity contribution in [1.29, 1.82) is 0 Å². The Hall–Kier alpha value is -1.23. The minimum atomic E-state index is -0.0198. The van der Waals surface area contributed by atoms with E-state index in [0.29, 0.717) is 5.69 Å². The number of carbonyl (C=O) groups is 1. The van der Waals surface area contributed by atoms with Crippen molar-refractivity contribution in [2.24, 2.45) is 0 Å². The van der Waals surface area contributed by atoms with Gasteiger partial charge in [0.15, 0.2) is 0 Å². The molecule has 4 nitrogen and oxygen atoms in total. The zero-order valence-corrected chi connectivity index (χ0v) is 11.9. The number of amides is 2. The van der Waals surface area contributed by atoms with Gasteiger partial charge in [0.25, 0.3) is 0 Å². The quantitative estimate of drug-likeness (QED) is 0.780. The molecule has 0 aromatic heterocycles. The molecular weight excluding hydrogens is 294 g/mol. The number of carbonyl (C=O) groups excluding carboxylic acids is 1. The second kappa shape index (κ2) is 6.09. The number of rotatable bonds is 1. The Labute approximate surface area is 116 Å². The van der Waals surface area contributed by atoms with Crippen LogP contribution in [0.25, 0.3) is 0 Å². The van der Waals surface area contributed by atoms with Crippen molar-refractivity contribution in [2.75, 3.05) is 24.1 Å². The summed E-state index contributed by atoms with van der Waals surface area (Å²) >= 11 is 3.35. The van der Waals surface area contributed by atoms with Gasteiger partial charge < -0.3 is 16.0 Å². The molecule has 1 aromatic carbocycles. The van der Waals surface area contributed by atoms with Gasteiger partial charge in [-0.1, -0.05) is 12.8 Å². The molecular formula is C13H18BrN3O. The van der Waals surface area contributed by atoms with E-state index < -0.39 is 0 Å². The first-order valence-electron chi connectivity index (χ1n) is 6.28. The first-order chi connectivity index (χ1) is 8.66. The van der Waals surface area contributed by atoms with E-state index in [0.717, 1.165) is 36.1 Å². The van der Waals surface area contributed by atoms with Gasteiger partial charge in [-0.15, -0.1) is 0 Å². The van der Waals surface area contributed by atoms with Crippen molar-refractivity contribution in [1.82, 2.24) is 4.90 Å². The minimum absolute atomic E-state index is 0.0198. The van der Waals surface area contributed by atoms with Gasteiger partial charge >= 0.3 is 6.03 Å². The second-order valence-corrected chi connectivity index (χ2v) is 5.42. The van der Waals surface area contributed by atoms with Gasteiger partial charge in [0.05, 0.1) is 0 Å². The molecule has 2 rings (SSSR count). The SMILES string of the molecule is Nc1ccc(NC(=O)N2CCCCCC2)cc1Br. The number of hydrogen-bond donors (Lipinski definition) is 2. The molecule has 2 amide bonds. The van der Waals surface area contributed by atoms with Crippen LogP contribution in [-0.2, 0) is 0 Å². The largest absolute Gasteiger partial charge is 0.398 e. The second-order valence-electron chi connectivity index (χ2n) is 4.57. The molecule has 0 atom stereocenters. The highest BCUT2D eigenvalue weighted by Crippen LogP contribution is 2.23. The molecule has 3 N–H and O–H groups in total. The topological polar surface area (TPSA) is 58.4 Å². The predicted molar refractivity (Wildman–Crippen MR) is 77.6 cm³/mol. The van der Waals surface area contributed by atoms with Crippen molar-refractivity contribution in [3.63, 3.8) is 0 Å². The average Bonchev–Trinajstić information content (AvgIpc) is 2.62. The highest BCUT2D eigenvalue weighted by molar-refractivity contribution is 9.10. The van der Waals surface area contributed by atoms with Gasteiger partial charge in [0.1, 0.15) is 0 Å². The number of hydrogen-bond acceptors (Lipinski definition) is 2. The number of benzene rings is 1. The van der Waals surface area contributed by atoms with E-state index in [1.54, 1.807) is 6.07 Å². The fourth-order valence-electron chi connectivity index (χ4n) is 2.08. The van der Waals surface area contributed by atoms with E-state index in [9.17, 15) is 4.79 Å². The standard InChI is InChI=1S/C13H18BrN3O/c14-11-9-10(5-6-12(11)15)16-13(18)17-7-3-1-2-4-8-17/h5-6,9H,1-4,7-8,15H2,(H,16,18). The lowest BCUT2D eigenvalue weighted by Crippen LogP contribution is -2.35. The van der Waals surface area contributed by atoms with Crippen LogP contribution in [0.4, 0.5) is 16.2 Å². The molecule has 0 bridgehead atoms. The van der Waals surface area contributed by atoms with Gasteiger partial charge in [-0.3, -0.25) is 0 Å². The van der Waals surface area contributed by atoms with E-state index in [-0.39, 0.29) is 6.03 Å². The molecule has 0 saturated carbocycles. The summed E-state index contributed by atoms with van der Waals surface area (Å²) in [6, 6.07) is 5.40. The lowest BCUT2D eigenvalue weighted by atomic mass is 10.2. The number of anilines is 2. The molecule has 1 aromatic rings. The van der Waals surface area contributed by atoms with Gasteiger partial charge in [-0.05, 0) is 47.0 Å². The monoisotopic (exact) mass is 311 g/mol. The van der Waals surface area contributed by atoms with Crippen molar-refractivity contribution in [3.05, 3.63) is 22.7 Å². The predicted octanol–water partition coefficient (Wildman–Crippen LogP) is 3.44. The van der Waals surface area contributed by atoms with Gasteiger partial charge in [0, 0.05) is 28.9 Å². The number of urea groups is 1. The fraction of sp³-hybridized carbons (Fsp3) is 0.462. The Morgan fingerprint density at radius 3 is 2.50 bits per heavy atom. The Morgan fingerprint density at radius 2 is 1.89 bits per heavy atom. The molecule has 0 spiro atoms. The van der Waals surface area contributed by atoms with E-state index in [2.05, 4.69) is 21.2 Å². The van der Waals surface area contributed by atoms with E-state index in [4.69, 9.17) is 5.73 Å². The zero-order chi connectivity index (χ0) is 13.0. The maximum Gasteiger partial charge on any atom is 0.321 e. The van der Waals surface area contributed by atoms with Crippen molar-refractivity contribution in [2.45, 2.75) is 25.7 Å². The third-order valence-corrected chi connectivity index (χ3v) is 3.83. The van der Waals surface area contributed by atoms with Crippen molar-refractivity contribution >= 4 is 33.3 Å². The van der Waals surface area contributed by atoms with Gasteiger partial charge in [-0.2, -0.15) is 0 Å². The number of nitrogens with zero attached hydrogens (tertiary/aromatic N) is 1. The third kappa shape index (κ3) is 3.38. The summed E-state index contributed by atoms with van der Waals surface area (Å²) in [5, 5.41) is 2.91. The van der Waals surface area contributed by atoms with Crippen molar-refractivity contribution in [3.8, 4) is 0 Å². The Morgan fingerprint density at radius 1 is 1.22 bits per heavy atom. The van der Waals surface area contributed by atoms with Gasteiger partial charge in [0.2, 0.25) is 0 Å². The number of nitrogens with two attached hydrogens (primary N) is 1. The van der Waals surface area contributed by atoms with Crippen LogP contribution in [0.3, 0.4) is 0 Å². The maximum absolute atomic E-state index is 12.1. The van der Waals surface area contributed by atoms with E-state index in [1.165, 1.54) is 12.8 Å². The van der Waals surface area contributed by atoms with Crippen LogP contribution in [0.5, 0.6) is 0 Å². The van der Waals surface area contributed by atoms with Crippen LogP contribution in [0.15, 0.2) is 22.7 Å². The van der Waals surface area contributed by atoms with Crippen molar-refractivity contribution < 1.29 is 4.79 Å². The molecule has 0 unspecified atom stereocenters. The molecule has 5 heteroatoms. The Kier molecular flexibility index (Phi) is 4.47. The molecule has 0 radical (unpaired) electrons. The van der Waals surface area contributed by atoms with Crippen LogP contribution in [0, 0.1) is 0 Å². The van der Waals surface area contributed by atoms with E-state index >= 15 is 0 Å². The molecule has 18 heavy (non-hydrogen) atoms. The van der Waals surface area contributed by atoms with Crippen LogP contribution in [-0.4, -0.2) is 24.0 Å². The fourth-order valence-corrected chi connectivity index (χ4v) is 2.46. The van der Waals surface area contributed by atoms with Crippen LogP contribution in [0.2, 0.25) is 0 Å². The summed E-state index contributed by atoms with van der Waals surface area (Å²) in [4.78, 5) is 14.0. The molecule has 1 heterocycles. The van der Waals surface area contributed by atoms with E-state index in [1.807, 2.05) is 17.0 Å². The highest BCUT2D eigenvalue weighted by atomic mass is 79.9. The molecule has 1 fully saturated rings. The smallest absolute Gasteiger partial charge is 0.321 e. The number of nitrogens with one attached hydrogen (secondary N) is 1. The zero-order valence-electron chi connectivity index (χ0n) is 10.3. The summed E-state index contributed by atoms with van der Waals surface area (Å²) in [5.74, 6) is 0. The molecule has 98 valence electrons. The van der Waals surface area contributed by atoms with Crippen LogP contribution >= 0.6 is 15.9 Å². The Balaban J connectivity index is 1.99. The first-order valence-corrected chi connectivity index (χ1v) is 7.07. The molecule has 1 saturated heterocycles. The van der Waals surface area contributed by atoms with Gasteiger partial charge in [-0.25, -0.2) is 4.79 Å². The summed E-state index contributed by atoms with van der Waals surface area (Å²) in [6.07, 6.45) is 4.63. The van der Waals surface area contributed by atoms with Crippen LogP contribution in [0.1, 0.15) is 25.7 Å². The molecule has 1 aliphatic heterocycles. The van der Waals surface area contributed by atoms with Crippen LogP contribution < -0.4 is 11.1 Å². The number of likely N-dealkylation sites (tertiary alicyclic amines) is 1. The number of nitrogen functional groups attached to an aromatic ring is 1.